The third-order valence-electron chi connectivity index (χ3n) is 6.09. The van der Waals surface area contributed by atoms with Gasteiger partial charge in [-0.05, 0) is 44.1 Å². The van der Waals surface area contributed by atoms with Crippen molar-refractivity contribution < 1.29 is 19.1 Å². The van der Waals surface area contributed by atoms with Crippen LogP contribution in [-0.2, 0) is 19.1 Å². The van der Waals surface area contributed by atoms with Crippen molar-refractivity contribution in [2.24, 2.45) is 17.8 Å². The molecule has 2 saturated carbocycles. The van der Waals surface area contributed by atoms with Gasteiger partial charge < -0.3 is 10.1 Å². The number of benzene rings is 2. The van der Waals surface area contributed by atoms with E-state index in [4.69, 9.17) is 4.74 Å². The average Bonchev–Trinajstić information content (AvgIpc) is 2.68. The topological polar surface area (TPSA) is 72.5 Å². The molecule has 0 aromatic heterocycles. The van der Waals surface area contributed by atoms with E-state index in [1.54, 1.807) is 6.92 Å². The molecule has 2 bridgehead atoms. The lowest BCUT2D eigenvalue weighted by atomic mass is 9.67. The minimum Gasteiger partial charge on any atom is -0.452 e. The smallest absolute Gasteiger partial charge is 0.309 e. The molecule has 1 amide bonds. The summed E-state index contributed by atoms with van der Waals surface area (Å²) < 4.78 is 5.47. The molecule has 0 radical (unpaired) electrons. The number of nitrogens with one attached hydrogen (secondary N) is 1. The molecule has 4 rings (SSSR count). The standard InChI is InChI=1S/C23H25NO4/c1-14(22(26)24-20-11-5-7-15-6-2-3-10-19(15)20)28-23(27)18-12-16-8-4-9-17(13-18)21(16)25/h2-3,5-7,10-11,14,16-18H,4,8-9,12-13H2,1H3,(H,24,26)/t14-,16-,17+,18?/m0/s1. The molecule has 5 heteroatoms. The van der Waals surface area contributed by atoms with Gasteiger partial charge in [-0.25, -0.2) is 0 Å². The number of amides is 1. The van der Waals surface area contributed by atoms with E-state index in [-0.39, 0.29) is 29.6 Å². The Morgan fingerprint density at radius 3 is 2.46 bits per heavy atom. The second-order valence-corrected chi connectivity index (χ2v) is 7.99. The average molecular weight is 379 g/mol. The highest BCUT2D eigenvalue weighted by Crippen LogP contribution is 2.40. The van der Waals surface area contributed by atoms with Crippen molar-refractivity contribution in [1.82, 2.24) is 0 Å². The maximum atomic E-state index is 12.6. The number of Topliss-reactive ketones (excluding diaryl/α,β-unsaturated/α-hetero) is 1. The minimum atomic E-state index is -0.885. The van der Waals surface area contributed by atoms with Gasteiger partial charge in [0.1, 0.15) is 5.78 Å². The van der Waals surface area contributed by atoms with Crippen molar-refractivity contribution in [3.63, 3.8) is 0 Å². The van der Waals surface area contributed by atoms with Gasteiger partial charge in [0.05, 0.1) is 5.92 Å². The van der Waals surface area contributed by atoms with Crippen LogP contribution in [0.1, 0.15) is 39.0 Å². The number of ether oxygens (including phenoxy) is 1. The molecule has 2 aromatic carbocycles. The second-order valence-electron chi connectivity index (χ2n) is 7.99. The van der Waals surface area contributed by atoms with Gasteiger partial charge >= 0.3 is 5.97 Å². The van der Waals surface area contributed by atoms with Gasteiger partial charge in [0.15, 0.2) is 6.10 Å². The number of rotatable bonds is 4. The highest BCUT2D eigenvalue weighted by Gasteiger charge is 2.42. The van der Waals surface area contributed by atoms with E-state index < -0.39 is 6.10 Å². The van der Waals surface area contributed by atoms with Crippen LogP contribution in [-0.4, -0.2) is 23.8 Å². The van der Waals surface area contributed by atoms with Crippen LogP contribution in [0.5, 0.6) is 0 Å². The van der Waals surface area contributed by atoms with Gasteiger partial charge in [-0.2, -0.15) is 0 Å². The number of anilines is 1. The summed E-state index contributed by atoms with van der Waals surface area (Å²) in [7, 11) is 0. The van der Waals surface area contributed by atoms with Crippen LogP contribution in [0.25, 0.3) is 10.8 Å². The molecular formula is C23H25NO4. The first-order valence-corrected chi connectivity index (χ1v) is 10.1. The maximum absolute atomic E-state index is 12.6. The first kappa shape index (κ1) is 18.7. The van der Waals surface area contributed by atoms with E-state index >= 15 is 0 Å². The van der Waals surface area contributed by atoms with Crippen LogP contribution in [0.3, 0.4) is 0 Å². The molecule has 28 heavy (non-hydrogen) atoms. The molecule has 2 aliphatic carbocycles. The third-order valence-corrected chi connectivity index (χ3v) is 6.09. The van der Waals surface area contributed by atoms with Crippen LogP contribution in [0.15, 0.2) is 42.5 Å². The zero-order valence-corrected chi connectivity index (χ0v) is 16.0. The molecule has 1 unspecified atom stereocenters. The van der Waals surface area contributed by atoms with Crippen LogP contribution in [0.4, 0.5) is 5.69 Å². The van der Waals surface area contributed by atoms with Gasteiger partial charge in [-0.1, -0.05) is 42.8 Å². The number of ketones is 1. The first-order chi connectivity index (χ1) is 13.5. The van der Waals surface area contributed by atoms with E-state index in [0.717, 1.165) is 30.0 Å². The normalized spacial score (nSPS) is 25.2. The summed E-state index contributed by atoms with van der Waals surface area (Å²) >= 11 is 0. The van der Waals surface area contributed by atoms with Crippen molar-refractivity contribution in [3.05, 3.63) is 42.5 Å². The molecule has 0 aliphatic heterocycles. The monoisotopic (exact) mass is 379 g/mol. The van der Waals surface area contributed by atoms with Crippen LogP contribution < -0.4 is 5.32 Å². The third kappa shape index (κ3) is 3.66. The molecule has 2 aliphatic rings. The molecule has 2 aromatic rings. The number of fused-ring (bicyclic) bond motifs is 3. The Kier molecular flexibility index (Phi) is 5.16. The molecule has 5 nitrogen and oxygen atoms in total. The number of hydrogen-bond donors (Lipinski definition) is 1. The zero-order chi connectivity index (χ0) is 19.7. The number of carbonyl (C=O) groups is 3. The van der Waals surface area contributed by atoms with E-state index in [9.17, 15) is 14.4 Å². The number of hydrogen-bond acceptors (Lipinski definition) is 4. The summed E-state index contributed by atoms with van der Waals surface area (Å²) in [4.78, 5) is 37.4. The van der Waals surface area contributed by atoms with Gasteiger partial charge in [-0.3, -0.25) is 14.4 Å². The van der Waals surface area contributed by atoms with E-state index in [2.05, 4.69) is 5.32 Å². The second kappa shape index (κ2) is 7.74. The molecule has 4 atom stereocenters. The fraction of sp³-hybridized carbons (Fsp3) is 0.435. The van der Waals surface area contributed by atoms with Gasteiger partial charge in [0, 0.05) is 22.9 Å². The van der Waals surface area contributed by atoms with Crippen molar-refractivity contribution in [1.29, 1.82) is 0 Å². The van der Waals surface area contributed by atoms with Gasteiger partial charge in [0.2, 0.25) is 0 Å². The number of carbonyl (C=O) groups excluding carboxylic acids is 3. The lowest BCUT2D eigenvalue weighted by molar-refractivity contribution is -0.161. The fourth-order valence-corrected chi connectivity index (χ4v) is 4.56. The van der Waals surface area contributed by atoms with E-state index in [1.807, 2.05) is 42.5 Å². The van der Waals surface area contributed by atoms with E-state index in [1.165, 1.54) is 0 Å². The summed E-state index contributed by atoms with van der Waals surface area (Å²) in [5.41, 5.74) is 0.698. The van der Waals surface area contributed by atoms with Crippen molar-refractivity contribution in [2.45, 2.75) is 45.1 Å². The Balaban J connectivity index is 1.39. The Morgan fingerprint density at radius 2 is 1.71 bits per heavy atom. The molecule has 0 heterocycles. The summed E-state index contributed by atoms with van der Waals surface area (Å²) in [5, 5.41) is 4.84. The Bertz CT molecular complexity index is 900. The molecule has 0 spiro atoms. The van der Waals surface area contributed by atoms with E-state index in [0.29, 0.717) is 24.3 Å². The lowest BCUT2D eigenvalue weighted by Crippen LogP contribution is -2.41. The first-order valence-electron chi connectivity index (χ1n) is 10.1. The van der Waals surface area contributed by atoms with Crippen LogP contribution >= 0.6 is 0 Å². The predicted octanol–water partition coefficient (Wildman–Crippen LogP) is 4.11. The summed E-state index contributed by atoms with van der Waals surface area (Å²) in [6.45, 7) is 1.59. The molecule has 1 N–H and O–H groups in total. The van der Waals surface area contributed by atoms with Crippen LogP contribution in [0.2, 0.25) is 0 Å². The predicted molar refractivity (Wildman–Crippen MR) is 107 cm³/mol. The summed E-state index contributed by atoms with van der Waals surface area (Å²) in [6, 6.07) is 13.5. The maximum Gasteiger partial charge on any atom is 0.309 e. The van der Waals surface area contributed by atoms with Crippen molar-refractivity contribution in [2.75, 3.05) is 5.32 Å². The molecule has 2 fully saturated rings. The zero-order valence-electron chi connectivity index (χ0n) is 16.0. The SMILES string of the molecule is C[C@H](OC(=O)C1C[C@H]2CCC[C@@H](C1)C2=O)C(=O)Nc1cccc2ccccc12. The molecule has 0 saturated heterocycles. The quantitative estimate of drug-likeness (QED) is 0.812. The molecular weight excluding hydrogens is 354 g/mol. The van der Waals surface area contributed by atoms with Crippen molar-refractivity contribution >= 4 is 34.1 Å². The van der Waals surface area contributed by atoms with Crippen molar-refractivity contribution in [3.8, 4) is 0 Å². The molecule has 146 valence electrons. The fourth-order valence-electron chi connectivity index (χ4n) is 4.56. The summed E-state index contributed by atoms with van der Waals surface area (Å²) in [6.07, 6.45) is 3.04. The largest absolute Gasteiger partial charge is 0.452 e. The lowest BCUT2D eigenvalue weighted by Gasteiger charge is -2.36. The number of esters is 1. The highest BCUT2D eigenvalue weighted by atomic mass is 16.5. The Labute approximate surface area is 164 Å². The summed E-state index contributed by atoms with van der Waals surface area (Å²) in [5.74, 6) is -0.686. The van der Waals surface area contributed by atoms with Crippen LogP contribution in [0, 0.1) is 17.8 Å². The Morgan fingerprint density at radius 1 is 1.04 bits per heavy atom. The Hall–Kier alpha value is -2.69. The highest BCUT2D eigenvalue weighted by molar-refractivity contribution is 6.03. The van der Waals surface area contributed by atoms with Gasteiger partial charge in [-0.15, -0.1) is 0 Å². The van der Waals surface area contributed by atoms with Gasteiger partial charge in [0.25, 0.3) is 5.91 Å². The minimum absolute atomic E-state index is 0.00938.